The van der Waals surface area contributed by atoms with E-state index < -0.39 is 5.60 Å². The summed E-state index contributed by atoms with van der Waals surface area (Å²) in [4.78, 5) is 4.29. The maximum absolute atomic E-state index is 10.2. The van der Waals surface area contributed by atoms with Crippen LogP contribution in [0.3, 0.4) is 0 Å². The molecular weight excluding hydrogens is 176 g/mol. The smallest absolute Gasteiger partial charge is 0.111 e. The molecule has 3 nitrogen and oxygen atoms in total. The lowest BCUT2D eigenvalue weighted by molar-refractivity contribution is 0.0345. The molecule has 0 saturated heterocycles. The van der Waals surface area contributed by atoms with Gasteiger partial charge in [0.15, 0.2) is 0 Å². The second-order valence-electron chi connectivity index (χ2n) is 4.44. The van der Waals surface area contributed by atoms with Crippen LogP contribution in [0.4, 0.5) is 0 Å². The third kappa shape index (κ3) is 1.82. The van der Waals surface area contributed by atoms with Crippen molar-refractivity contribution in [2.75, 3.05) is 0 Å². The van der Waals surface area contributed by atoms with Gasteiger partial charge in [-0.2, -0.15) is 0 Å². The Morgan fingerprint density at radius 1 is 1.64 bits per heavy atom. The van der Waals surface area contributed by atoms with E-state index in [0.29, 0.717) is 12.3 Å². The lowest BCUT2D eigenvalue weighted by atomic mass is 9.96. The van der Waals surface area contributed by atoms with E-state index in [1.807, 2.05) is 19.3 Å². The molecule has 14 heavy (non-hydrogen) atoms. The first kappa shape index (κ1) is 9.71. The summed E-state index contributed by atoms with van der Waals surface area (Å²) < 4.78 is 2.09. The van der Waals surface area contributed by atoms with Crippen LogP contribution in [0, 0.1) is 5.92 Å². The van der Waals surface area contributed by atoms with Crippen molar-refractivity contribution < 1.29 is 5.11 Å². The van der Waals surface area contributed by atoms with E-state index in [1.165, 1.54) is 12.8 Å². The van der Waals surface area contributed by atoms with Gasteiger partial charge in [0.25, 0.3) is 0 Å². The molecule has 1 aromatic rings. The molecule has 2 rings (SSSR count). The normalized spacial score (nSPS) is 20.8. The first-order valence-corrected chi connectivity index (χ1v) is 5.36. The van der Waals surface area contributed by atoms with E-state index in [4.69, 9.17) is 0 Å². The zero-order chi connectivity index (χ0) is 10.2. The average molecular weight is 194 g/mol. The largest absolute Gasteiger partial charge is 0.389 e. The molecular formula is C11H18N2O. The molecule has 3 heteroatoms. The fourth-order valence-corrected chi connectivity index (χ4v) is 1.96. The highest BCUT2D eigenvalue weighted by molar-refractivity contribution is 5.02. The summed E-state index contributed by atoms with van der Waals surface area (Å²) in [5, 5.41) is 10.2. The minimum atomic E-state index is -0.557. The maximum Gasteiger partial charge on any atom is 0.111 e. The number of hydrogen-bond donors (Lipinski definition) is 1. The Morgan fingerprint density at radius 3 is 2.93 bits per heavy atom. The highest BCUT2D eigenvalue weighted by atomic mass is 16.3. The lowest BCUT2D eigenvalue weighted by Crippen LogP contribution is -2.31. The molecule has 1 N–H and O–H groups in total. The minimum absolute atomic E-state index is 0.490. The molecule has 1 fully saturated rings. The maximum atomic E-state index is 10.2. The lowest BCUT2D eigenvalue weighted by Gasteiger charge is -2.22. The Bertz CT molecular complexity index is 313. The fourth-order valence-electron chi connectivity index (χ4n) is 1.96. The summed E-state index contributed by atoms with van der Waals surface area (Å²) in [7, 11) is 0. The minimum Gasteiger partial charge on any atom is -0.389 e. The van der Waals surface area contributed by atoms with Gasteiger partial charge in [-0.05, 0) is 32.6 Å². The summed E-state index contributed by atoms with van der Waals surface area (Å²) >= 11 is 0. The zero-order valence-electron chi connectivity index (χ0n) is 8.90. The molecule has 0 radical (unpaired) electrons. The van der Waals surface area contributed by atoms with Crippen molar-refractivity contribution in [3.8, 4) is 0 Å². The molecule has 0 amide bonds. The van der Waals surface area contributed by atoms with Crippen molar-refractivity contribution >= 4 is 0 Å². The van der Waals surface area contributed by atoms with E-state index in [2.05, 4.69) is 16.5 Å². The van der Waals surface area contributed by atoms with Gasteiger partial charge in [0.2, 0.25) is 0 Å². The number of imidazole rings is 1. The first-order valence-electron chi connectivity index (χ1n) is 5.36. The summed E-state index contributed by atoms with van der Waals surface area (Å²) in [6, 6.07) is 0. The van der Waals surface area contributed by atoms with Crippen LogP contribution in [-0.2, 0) is 13.0 Å². The highest BCUT2D eigenvalue weighted by Crippen LogP contribution is 2.40. The molecule has 1 aliphatic carbocycles. The van der Waals surface area contributed by atoms with Gasteiger partial charge >= 0.3 is 0 Å². The van der Waals surface area contributed by atoms with Gasteiger partial charge < -0.3 is 9.67 Å². The monoisotopic (exact) mass is 194 g/mol. The molecule has 0 bridgehead atoms. The van der Waals surface area contributed by atoms with Gasteiger partial charge in [-0.1, -0.05) is 0 Å². The number of nitrogens with zero attached hydrogens (tertiary/aromatic N) is 2. The fraction of sp³-hybridized carbons (Fsp3) is 0.727. The molecule has 1 aliphatic rings. The predicted octanol–water partition coefficient (Wildman–Crippen LogP) is 1.61. The molecule has 0 aromatic carbocycles. The van der Waals surface area contributed by atoms with Crippen LogP contribution in [0.2, 0.25) is 0 Å². The Labute approximate surface area is 84.8 Å². The molecule has 1 saturated carbocycles. The second kappa shape index (κ2) is 3.39. The van der Waals surface area contributed by atoms with Gasteiger partial charge in [0.05, 0.1) is 5.60 Å². The van der Waals surface area contributed by atoms with Crippen LogP contribution in [0.5, 0.6) is 0 Å². The molecule has 1 atom stereocenters. The van der Waals surface area contributed by atoms with Crippen LogP contribution in [-0.4, -0.2) is 20.3 Å². The quantitative estimate of drug-likeness (QED) is 0.790. The van der Waals surface area contributed by atoms with Crippen LogP contribution in [0.25, 0.3) is 0 Å². The van der Waals surface area contributed by atoms with Crippen LogP contribution in [0.1, 0.15) is 32.5 Å². The van der Waals surface area contributed by atoms with Crippen molar-refractivity contribution in [1.82, 2.24) is 9.55 Å². The van der Waals surface area contributed by atoms with Gasteiger partial charge in [-0.3, -0.25) is 0 Å². The van der Waals surface area contributed by atoms with Crippen molar-refractivity contribution in [1.29, 1.82) is 0 Å². The third-order valence-corrected chi connectivity index (χ3v) is 3.12. The number of aryl methyl sites for hydroxylation is 1. The van der Waals surface area contributed by atoms with E-state index in [0.717, 1.165) is 12.4 Å². The highest BCUT2D eigenvalue weighted by Gasteiger charge is 2.40. The summed E-state index contributed by atoms with van der Waals surface area (Å²) in [6.07, 6.45) is 6.79. The molecule has 1 heterocycles. The Hall–Kier alpha value is -0.830. The van der Waals surface area contributed by atoms with Crippen LogP contribution in [0.15, 0.2) is 12.4 Å². The average Bonchev–Trinajstić information content (AvgIpc) is 2.89. The molecule has 0 spiro atoms. The van der Waals surface area contributed by atoms with Gasteiger partial charge in [-0.15, -0.1) is 0 Å². The van der Waals surface area contributed by atoms with Gasteiger partial charge in [0, 0.05) is 25.4 Å². The SMILES string of the molecule is CCn1ccnc1CC(C)(O)C1CC1. The predicted molar refractivity (Wildman–Crippen MR) is 55.0 cm³/mol. The zero-order valence-corrected chi connectivity index (χ0v) is 8.90. The number of rotatable bonds is 4. The van der Waals surface area contributed by atoms with E-state index in [9.17, 15) is 5.11 Å². The van der Waals surface area contributed by atoms with Crippen molar-refractivity contribution in [2.24, 2.45) is 5.92 Å². The van der Waals surface area contributed by atoms with Gasteiger partial charge in [0.1, 0.15) is 5.82 Å². The van der Waals surface area contributed by atoms with E-state index in [1.54, 1.807) is 0 Å². The van der Waals surface area contributed by atoms with Crippen LogP contribution < -0.4 is 0 Å². The summed E-state index contributed by atoms with van der Waals surface area (Å²) in [6.45, 7) is 4.95. The van der Waals surface area contributed by atoms with E-state index >= 15 is 0 Å². The van der Waals surface area contributed by atoms with E-state index in [-0.39, 0.29) is 0 Å². The van der Waals surface area contributed by atoms with Crippen molar-refractivity contribution in [3.63, 3.8) is 0 Å². The second-order valence-corrected chi connectivity index (χ2v) is 4.44. The molecule has 1 unspecified atom stereocenters. The molecule has 0 aliphatic heterocycles. The van der Waals surface area contributed by atoms with Gasteiger partial charge in [-0.25, -0.2) is 4.98 Å². The standard InChI is InChI=1S/C11H18N2O/c1-3-13-7-6-12-10(13)8-11(2,14)9-4-5-9/h6-7,9,14H,3-5,8H2,1-2H3. The van der Waals surface area contributed by atoms with Crippen molar-refractivity contribution in [2.45, 2.75) is 45.3 Å². The summed E-state index contributed by atoms with van der Waals surface area (Å²) in [5.41, 5.74) is -0.557. The number of hydrogen-bond acceptors (Lipinski definition) is 2. The number of aliphatic hydroxyl groups is 1. The Balaban J connectivity index is 2.09. The van der Waals surface area contributed by atoms with Crippen LogP contribution >= 0.6 is 0 Å². The molecule has 1 aromatic heterocycles. The summed E-state index contributed by atoms with van der Waals surface area (Å²) in [5.74, 6) is 1.49. The Kier molecular flexibility index (Phi) is 2.35. The molecule has 78 valence electrons. The Morgan fingerprint density at radius 2 is 2.36 bits per heavy atom. The van der Waals surface area contributed by atoms with Crippen molar-refractivity contribution in [3.05, 3.63) is 18.2 Å². The first-order chi connectivity index (χ1) is 6.63. The topological polar surface area (TPSA) is 38.0 Å². The third-order valence-electron chi connectivity index (χ3n) is 3.12. The number of aromatic nitrogens is 2.